The van der Waals surface area contributed by atoms with Gasteiger partial charge in [-0.3, -0.25) is 4.79 Å². The van der Waals surface area contributed by atoms with E-state index >= 15 is 0 Å². The first-order valence-corrected chi connectivity index (χ1v) is 4.61. The Hall–Kier alpha value is -0.160. The van der Waals surface area contributed by atoms with Crippen LogP contribution in [0.25, 0.3) is 0 Å². The van der Waals surface area contributed by atoms with Crippen LogP contribution in [0.2, 0.25) is 5.02 Å². The van der Waals surface area contributed by atoms with Crippen molar-refractivity contribution in [1.29, 1.82) is 0 Å². The van der Waals surface area contributed by atoms with Crippen molar-refractivity contribution in [3.8, 4) is 0 Å². The first kappa shape index (κ1) is 13.8. The van der Waals surface area contributed by atoms with Crippen LogP contribution in [0, 0.1) is 5.82 Å². The largest absolute Gasteiger partial charge is 0.324 e. The highest BCUT2D eigenvalue weighted by Gasteiger charge is 2.12. The number of ketones is 1. The van der Waals surface area contributed by atoms with Gasteiger partial charge in [0, 0.05) is 4.47 Å². The summed E-state index contributed by atoms with van der Waals surface area (Å²) in [5.74, 6) is -1.08. The summed E-state index contributed by atoms with van der Waals surface area (Å²) in [7, 11) is 0. The molecule has 1 aromatic carbocycles. The maximum Gasteiger partial charge on any atom is 0.179 e. The molecule has 0 spiro atoms. The van der Waals surface area contributed by atoms with Gasteiger partial charge in [-0.25, -0.2) is 4.39 Å². The molecule has 14 heavy (non-hydrogen) atoms. The lowest BCUT2D eigenvalue weighted by Gasteiger charge is -2.02. The van der Waals surface area contributed by atoms with Crippen molar-refractivity contribution in [2.24, 2.45) is 5.73 Å². The Morgan fingerprint density at radius 3 is 2.64 bits per heavy atom. The van der Waals surface area contributed by atoms with E-state index in [1.165, 1.54) is 6.07 Å². The molecule has 0 saturated heterocycles. The number of Topliss-reactive ketones (excluding diaryl/α,β-unsaturated/α-hetero) is 1. The molecule has 0 heterocycles. The van der Waals surface area contributed by atoms with Crippen molar-refractivity contribution in [3.63, 3.8) is 0 Å². The fraction of sp³-hybridized carbons (Fsp3) is 0.125. The van der Waals surface area contributed by atoms with Crippen LogP contribution in [0.4, 0.5) is 4.39 Å². The Labute approximate surface area is 100 Å². The number of halogens is 4. The van der Waals surface area contributed by atoms with E-state index in [1.54, 1.807) is 0 Å². The number of benzene rings is 1. The second-order valence-electron chi connectivity index (χ2n) is 2.37. The smallest absolute Gasteiger partial charge is 0.179 e. The third kappa shape index (κ3) is 2.92. The number of carbonyl (C=O) groups is 1. The van der Waals surface area contributed by atoms with E-state index < -0.39 is 11.6 Å². The predicted octanol–water partition coefficient (Wildman–Crippen LogP) is 2.80. The van der Waals surface area contributed by atoms with Crippen LogP contribution in [0.5, 0.6) is 0 Å². The van der Waals surface area contributed by atoms with Crippen LogP contribution in [-0.4, -0.2) is 12.3 Å². The van der Waals surface area contributed by atoms with E-state index in [9.17, 15) is 9.18 Å². The monoisotopic (exact) mass is 301 g/mol. The van der Waals surface area contributed by atoms with E-state index in [1.807, 2.05) is 0 Å². The predicted molar refractivity (Wildman–Crippen MR) is 59.7 cm³/mol. The van der Waals surface area contributed by atoms with E-state index in [-0.39, 0.29) is 24.5 Å². The lowest BCUT2D eigenvalue weighted by atomic mass is 10.1. The summed E-state index contributed by atoms with van der Waals surface area (Å²) in [4.78, 5) is 11.1. The number of hydrogen-bond acceptors (Lipinski definition) is 2. The molecule has 0 bridgehead atoms. The zero-order valence-corrected chi connectivity index (χ0v) is 10.0. The average molecular weight is 303 g/mol. The molecule has 2 nitrogen and oxygen atoms in total. The molecule has 0 atom stereocenters. The summed E-state index contributed by atoms with van der Waals surface area (Å²) >= 11 is 8.72. The molecule has 0 aliphatic carbocycles. The zero-order valence-electron chi connectivity index (χ0n) is 6.89. The second kappa shape index (κ2) is 5.66. The van der Waals surface area contributed by atoms with Crippen LogP contribution in [-0.2, 0) is 0 Å². The highest BCUT2D eigenvalue weighted by atomic mass is 79.9. The first-order chi connectivity index (χ1) is 6.06. The Bertz CT molecular complexity index is 359. The lowest BCUT2D eigenvalue weighted by Crippen LogP contribution is -2.15. The first-order valence-electron chi connectivity index (χ1n) is 3.44. The van der Waals surface area contributed by atoms with Gasteiger partial charge >= 0.3 is 0 Å². The molecule has 6 heteroatoms. The van der Waals surface area contributed by atoms with Gasteiger partial charge in [-0.05, 0) is 28.1 Å². The Kier molecular flexibility index (Phi) is 5.59. The number of hydrogen-bond donors (Lipinski definition) is 1. The summed E-state index contributed by atoms with van der Waals surface area (Å²) in [5.41, 5.74) is 5.02. The third-order valence-electron chi connectivity index (χ3n) is 1.50. The molecule has 0 fully saturated rings. The summed E-state index contributed by atoms with van der Waals surface area (Å²) in [5, 5.41) is 0.290. The molecule has 0 aliphatic heterocycles. The highest BCUT2D eigenvalue weighted by molar-refractivity contribution is 9.10. The quantitative estimate of drug-likeness (QED) is 0.674. The Morgan fingerprint density at radius 2 is 2.14 bits per heavy atom. The maximum absolute atomic E-state index is 13.1. The third-order valence-corrected chi connectivity index (χ3v) is 2.69. The second-order valence-corrected chi connectivity index (χ2v) is 3.64. The molecule has 2 N–H and O–H groups in total. The molecule has 0 aliphatic rings. The van der Waals surface area contributed by atoms with Crippen LogP contribution >= 0.6 is 39.9 Å². The van der Waals surface area contributed by atoms with Crippen molar-refractivity contribution in [3.05, 3.63) is 33.0 Å². The standard InChI is InChI=1S/C8H6BrClFNO.ClH/c9-5-2-7(11)4(1-6(5)10)8(13)3-12;/h1-2H,3,12H2;1H. The Balaban J connectivity index is 0.00000169. The van der Waals surface area contributed by atoms with Crippen molar-refractivity contribution < 1.29 is 9.18 Å². The minimum Gasteiger partial charge on any atom is -0.324 e. The number of rotatable bonds is 2. The van der Waals surface area contributed by atoms with Crippen LogP contribution in [0.3, 0.4) is 0 Å². The van der Waals surface area contributed by atoms with Crippen molar-refractivity contribution in [1.82, 2.24) is 0 Å². The molecule has 0 saturated carbocycles. The van der Waals surface area contributed by atoms with Gasteiger partial charge in [0.05, 0.1) is 17.1 Å². The summed E-state index contributed by atoms with van der Waals surface area (Å²) < 4.78 is 13.5. The Morgan fingerprint density at radius 1 is 1.57 bits per heavy atom. The zero-order chi connectivity index (χ0) is 10.0. The van der Waals surface area contributed by atoms with Crippen LogP contribution in [0.15, 0.2) is 16.6 Å². The van der Waals surface area contributed by atoms with Gasteiger partial charge in [-0.2, -0.15) is 0 Å². The normalized spacial score (nSPS) is 9.43. The molecule has 1 aromatic rings. The average Bonchev–Trinajstić information content (AvgIpc) is 2.10. The minimum absolute atomic E-state index is 0. The highest BCUT2D eigenvalue weighted by Crippen LogP contribution is 2.25. The lowest BCUT2D eigenvalue weighted by molar-refractivity contribution is 0.0997. The summed E-state index contributed by atoms with van der Waals surface area (Å²) in [6.07, 6.45) is 0. The fourth-order valence-electron chi connectivity index (χ4n) is 0.846. The fourth-order valence-corrected chi connectivity index (χ4v) is 1.33. The van der Waals surface area contributed by atoms with Crippen molar-refractivity contribution >= 4 is 45.7 Å². The van der Waals surface area contributed by atoms with Gasteiger partial charge in [0.25, 0.3) is 0 Å². The summed E-state index contributed by atoms with van der Waals surface area (Å²) in [6, 6.07) is 2.40. The van der Waals surface area contributed by atoms with Gasteiger partial charge in [0.15, 0.2) is 5.78 Å². The van der Waals surface area contributed by atoms with Gasteiger partial charge in [-0.1, -0.05) is 11.6 Å². The minimum atomic E-state index is -0.619. The van der Waals surface area contributed by atoms with Gasteiger partial charge < -0.3 is 5.73 Å². The van der Waals surface area contributed by atoms with Gasteiger partial charge in [0.2, 0.25) is 0 Å². The van der Waals surface area contributed by atoms with E-state index in [4.69, 9.17) is 17.3 Å². The SMILES string of the molecule is Cl.NCC(=O)c1cc(Cl)c(Br)cc1F. The number of carbonyl (C=O) groups excluding carboxylic acids is 1. The van der Waals surface area contributed by atoms with Crippen LogP contribution in [0.1, 0.15) is 10.4 Å². The molecule has 78 valence electrons. The maximum atomic E-state index is 13.1. The molecular weight excluding hydrogens is 296 g/mol. The molecular formula is C8H7BrCl2FNO. The molecule has 0 amide bonds. The van der Waals surface area contributed by atoms with E-state index in [2.05, 4.69) is 15.9 Å². The van der Waals surface area contributed by atoms with Gasteiger partial charge in [0.1, 0.15) is 5.82 Å². The van der Waals surface area contributed by atoms with Crippen LogP contribution < -0.4 is 5.73 Å². The van der Waals surface area contributed by atoms with Crippen molar-refractivity contribution in [2.45, 2.75) is 0 Å². The summed E-state index contributed by atoms with van der Waals surface area (Å²) in [6.45, 7) is -0.227. The topological polar surface area (TPSA) is 43.1 Å². The van der Waals surface area contributed by atoms with E-state index in [0.29, 0.717) is 9.50 Å². The molecule has 0 aromatic heterocycles. The van der Waals surface area contributed by atoms with E-state index in [0.717, 1.165) is 6.07 Å². The van der Waals surface area contributed by atoms with Crippen molar-refractivity contribution in [2.75, 3.05) is 6.54 Å². The number of nitrogens with two attached hydrogens (primary N) is 1. The van der Waals surface area contributed by atoms with Gasteiger partial charge in [-0.15, -0.1) is 12.4 Å². The molecule has 1 rings (SSSR count). The molecule has 0 radical (unpaired) electrons. The molecule has 0 unspecified atom stereocenters.